The highest BCUT2D eigenvalue weighted by Crippen LogP contribution is 2.47. The van der Waals surface area contributed by atoms with Gasteiger partial charge in [-0.25, -0.2) is 4.39 Å². The van der Waals surface area contributed by atoms with Gasteiger partial charge in [-0.3, -0.25) is 4.79 Å². The topological polar surface area (TPSA) is 37.3 Å². The lowest BCUT2D eigenvalue weighted by Gasteiger charge is -2.33. The Bertz CT molecular complexity index is 519. The molecule has 2 nitrogen and oxygen atoms in total. The lowest BCUT2D eigenvalue weighted by atomic mass is 9.70. The average molecular weight is 360 g/mol. The van der Waals surface area contributed by atoms with Crippen LogP contribution in [0, 0.1) is 14.8 Å². The van der Waals surface area contributed by atoms with Gasteiger partial charge in [0.2, 0.25) is 0 Å². The molecule has 1 saturated carbocycles. The molecule has 1 spiro atoms. The van der Waals surface area contributed by atoms with E-state index in [1.807, 2.05) is 22.6 Å². The second-order valence-corrected chi connectivity index (χ2v) is 6.60. The molecule has 1 aromatic carbocycles. The van der Waals surface area contributed by atoms with E-state index in [9.17, 15) is 14.3 Å². The first-order valence-electron chi connectivity index (χ1n) is 6.23. The number of fused-ring (bicyclic) bond motifs is 1. The number of carbonyl (C=O) groups is 1. The first-order valence-corrected chi connectivity index (χ1v) is 7.30. The van der Waals surface area contributed by atoms with Crippen LogP contribution in [0.15, 0.2) is 12.1 Å². The maximum absolute atomic E-state index is 13.6. The molecular formula is C14H14FIO2. The van der Waals surface area contributed by atoms with Crippen molar-refractivity contribution in [3.05, 3.63) is 32.6 Å². The van der Waals surface area contributed by atoms with Gasteiger partial charge in [-0.1, -0.05) is 0 Å². The van der Waals surface area contributed by atoms with E-state index in [2.05, 4.69) is 0 Å². The van der Waals surface area contributed by atoms with Crippen molar-refractivity contribution in [3.63, 3.8) is 0 Å². The molecule has 0 saturated heterocycles. The lowest BCUT2D eigenvalue weighted by Crippen LogP contribution is -2.34. The molecule has 0 bridgehead atoms. The predicted molar refractivity (Wildman–Crippen MR) is 74.1 cm³/mol. The molecule has 1 N–H and O–H groups in total. The predicted octanol–water partition coefficient (Wildman–Crippen LogP) is 3.09. The second-order valence-electron chi connectivity index (χ2n) is 5.44. The van der Waals surface area contributed by atoms with E-state index < -0.39 is 0 Å². The second kappa shape index (κ2) is 4.27. The number of halogens is 2. The Balaban J connectivity index is 1.98. The Morgan fingerprint density at radius 2 is 2.00 bits per heavy atom. The molecule has 1 fully saturated rings. The van der Waals surface area contributed by atoms with Crippen molar-refractivity contribution in [2.24, 2.45) is 5.41 Å². The van der Waals surface area contributed by atoms with Crippen LogP contribution in [-0.2, 0) is 6.42 Å². The zero-order valence-electron chi connectivity index (χ0n) is 9.88. The van der Waals surface area contributed by atoms with Gasteiger partial charge in [0, 0.05) is 14.5 Å². The van der Waals surface area contributed by atoms with E-state index in [0.717, 1.165) is 18.4 Å². The Morgan fingerprint density at radius 1 is 1.33 bits per heavy atom. The van der Waals surface area contributed by atoms with Crippen LogP contribution < -0.4 is 0 Å². The number of hydrogen-bond donors (Lipinski definition) is 1. The monoisotopic (exact) mass is 360 g/mol. The van der Waals surface area contributed by atoms with Gasteiger partial charge < -0.3 is 5.11 Å². The summed E-state index contributed by atoms with van der Waals surface area (Å²) in [5, 5.41) is 9.57. The van der Waals surface area contributed by atoms with Crippen LogP contribution in [0.3, 0.4) is 0 Å². The molecule has 3 rings (SSSR count). The number of aliphatic hydroxyl groups is 1. The molecule has 2 aliphatic rings. The largest absolute Gasteiger partial charge is 0.393 e. The van der Waals surface area contributed by atoms with Crippen LogP contribution >= 0.6 is 22.6 Å². The highest BCUT2D eigenvalue weighted by Gasteiger charge is 2.47. The van der Waals surface area contributed by atoms with E-state index in [0.29, 0.717) is 28.4 Å². The summed E-state index contributed by atoms with van der Waals surface area (Å²) < 4.78 is 14.1. The molecule has 18 heavy (non-hydrogen) atoms. The van der Waals surface area contributed by atoms with Gasteiger partial charge in [0.1, 0.15) is 5.82 Å². The number of benzene rings is 1. The molecule has 1 aromatic rings. The normalized spacial score (nSPS) is 30.8. The third-order valence-electron chi connectivity index (χ3n) is 4.31. The summed E-state index contributed by atoms with van der Waals surface area (Å²) in [4.78, 5) is 12.5. The summed E-state index contributed by atoms with van der Waals surface area (Å²) in [5.74, 6) is -0.0858. The van der Waals surface area contributed by atoms with Crippen LogP contribution in [0.1, 0.15) is 41.6 Å². The SMILES string of the molecule is O=C1c2cc(I)c(F)cc2CC12CCC(O)CC2. The minimum atomic E-state index is -0.363. The summed E-state index contributed by atoms with van der Waals surface area (Å²) >= 11 is 1.92. The standard InChI is InChI=1S/C14H14FIO2/c15-11-5-8-7-14(3-1-9(17)2-4-14)13(18)10(8)6-12(11)16/h5-6,9,17H,1-4,7H2. The third kappa shape index (κ3) is 1.81. The molecule has 0 aliphatic heterocycles. The molecule has 0 heterocycles. The first-order chi connectivity index (χ1) is 8.52. The Labute approximate surface area is 119 Å². The quantitative estimate of drug-likeness (QED) is 0.722. The van der Waals surface area contributed by atoms with Crippen molar-refractivity contribution < 1.29 is 14.3 Å². The third-order valence-corrected chi connectivity index (χ3v) is 5.14. The van der Waals surface area contributed by atoms with Gasteiger partial charge in [0.15, 0.2) is 5.78 Å². The van der Waals surface area contributed by atoms with Gasteiger partial charge in [-0.15, -0.1) is 0 Å². The van der Waals surface area contributed by atoms with Gasteiger partial charge in [0.25, 0.3) is 0 Å². The highest BCUT2D eigenvalue weighted by molar-refractivity contribution is 14.1. The van der Waals surface area contributed by atoms with Gasteiger partial charge in [-0.2, -0.15) is 0 Å². The maximum Gasteiger partial charge on any atom is 0.169 e. The van der Waals surface area contributed by atoms with E-state index in [-0.39, 0.29) is 23.1 Å². The van der Waals surface area contributed by atoms with Crippen molar-refractivity contribution in [3.8, 4) is 0 Å². The summed E-state index contributed by atoms with van der Waals surface area (Å²) in [6, 6.07) is 3.18. The van der Waals surface area contributed by atoms with Crippen molar-refractivity contribution in [1.82, 2.24) is 0 Å². The number of hydrogen-bond acceptors (Lipinski definition) is 2. The lowest BCUT2D eigenvalue weighted by molar-refractivity contribution is 0.0513. The Kier molecular flexibility index (Phi) is 2.97. The molecule has 4 heteroatoms. The molecule has 0 radical (unpaired) electrons. The fourth-order valence-electron chi connectivity index (χ4n) is 3.24. The van der Waals surface area contributed by atoms with Crippen LogP contribution in [0.2, 0.25) is 0 Å². The van der Waals surface area contributed by atoms with Crippen LogP contribution in [0.5, 0.6) is 0 Å². The van der Waals surface area contributed by atoms with Crippen LogP contribution in [-0.4, -0.2) is 17.0 Å². The van der Waals surface area contributed by atoms with Crippen molar-refractivity contribution >= 4 is 28.4 Å². The van der Waals surface area contributed by atoms with Crippen molar-refractivity contribution in [2.75, 3.05) is 0 Å². The zero-order valence-corrected chi connectivity index (χ0v) is 12.0. The first kappa shape index (κ1) is 12.5. The Hall–Kier alpha value is -0.490. The van der Waals surface area contributed by atoms with Gasteiger partial charge in [-0.05, 0) is 72.4 Å². The molecule has 96 valence electrons. The number of rotatable bonds is 0. The summed E-state index contributed by atoms with van der Waals surface area (Å²) in [7, 11) is 0. The van der Waals surface area contributed by atoms with Gasteiger partial charge in [0.05, 0.1) is 6.10 Å². The number of Topliss-reactive ketones (excluding diaryl/α,β-unsaturated/α-hetero) is 1. The van der Waals surface area contributed by atoms with Crippen LogP contribution in [0.25, 0.3) is 0 Å². The van der Waals surface area contributed by atoms with Crippen molar-refractivity contribution in [1.29, 1.82) is 0 Å². The zero-order chi connectivity index (χ0) is 12.9. The molecular weight excluding hydrogens is 346 g/mol. The smallest absolute Gasteiger partial charge is 0.169 e. The van der Waals surface area contributed by atoms with Crippen LogP contribution in [0.4, 0.5) is 4.39 Å². The molecule has 0 amide bonds. The highest BCUT2D eigenvalue weighted by atomic mass is 127. The van der Waals surface area contributed by atoms with E-state index >= 15 is 0 Å². The fraction of sp³-hybridized carbons (Fsp3) is 0.500. The number of ketones is 1. The summed E-state index contributed by atoms with van der Waals surface area (Å²) in [5.41, 5.74) is 1.17. The fourth-order valence-corrected chi connectivity index (χ4v) is 3.70. The van der Waals surface area contributed by atoms with E-state index in [4.69, 9.17) is 0 Å². The average Bonchev–Trinajstić information content (AvgIpc) is 2.59. The number of carbonyl (C=O) groups excluding carboxylic acids is 1. The maximum atomic E-state index is 13.6. The molecule has 0 unspecified atom stereocenters. The van der Waals surface area contributed by atoms with E-state index in [1.165, 1.54) is 6.07 Å². The summed E-state index contributed by atoms with van der Waals surface area (Å²) in [6.07, 6.45) is 3.17. The summed E-state index contributed by atoms with van der Waals surface area (Å²) in [6.45, 7) is 0. The Morgan fingerprint density at radius 3 is 2.67 bits per heavy atom. The minimum absolute atomic E-state index is 0.155. The van der Waals surface area contributed by atoms with Crippen molar-refractivity contribution in [2.45, 2.75) is 38.2 Å². The molecule has 0 aromatic heterocycles. The number of aliphatic hydroxyl groups excluding tert-OH is 1. The van der Waals surface area contributed by atoms with Gasteiger partial charge >= 0.3 is 0 Å². The molecule has 2 aliphatic carbocycles. The molecule has 0 atom stereocenters. The van der Waals surface area contributed by atoms with E-state index in [1.54, 1.807) is 6.07 Å². The minimum Gasteiger partial charge on any atom is -0.393 e.